The molecule has 0 aliphatic heterocycles. The fourth-order valence-electron chi connectivity index (χ4n) is 6.72. The maximum atomic E-state index is 9.74. The average molecular weight is 565 g/mol. The van der Waals surface area contributed by atoms with Crippen molar-refractivity contribution < 1.29 is 0 Å². The lowest BCUT2D eigenvalue weighted by molar-refractivity contribution is 1.13. The highest BCUT2D eigenvalue weighted by Gasteiger charge is 2.18. The molecule has 0 unspecified atom stereocenters. The van der Waals surface area contributed by atoms with E-state index in [-0.39, 0.29) is 0 Å². The minimum absolute atomic E-state index is 0.656. The first kappa shape index (κ1) is 23.8. The summed E-state index contributed by atoms with van der Waals surface area (Å²) < 4.78 is 6.87. The van der Waals surface area contributed by atoms with Crippen molar-refractivity contribution in [1.29, 1.82) is 10.5 Å². The van der Waals surface area contributed by atoms with Crippen molar-refractivity contribution in [3.8, 4) is 23.5 Å². The zero-order valence-corrected chi connectivity index (χ0v) is 23.6. The predicted octanol–water partition coefficient (Wildman–Crippen LogP) is 9.99. The normalized spacial score (nSPS) is 11.7. The first-order valence-corrected chi connectivity index (χ1v) is 14.9. The number of nitriles is 2. The number of para-hydroxylation sites is 2. The van der Waals surface area contributed by atoms with Gasteiger partial charge in [-0.3, -0.25) is 0 Å². The fraction of sp³-hybridized carbons (Fsp3) is 0. The highest BCUT2D eigenvalue weighted by molar-refractivity contribution is 7.26. The second-order valence-electron chi connectivity index (χ2n) is 10.8. The summed E-state index contributed by atoms with van der Waals surface area (Å²) in [7, 11) is 0. The third kappa shape index (κ3) is 3.29. The van der Waals surface area contributed by atoms with Crippen LogP contribution >= 0.6 is 11.3 Å². The van der Waals surface area contributed by atoms with E-state index in [4.69, 9.17) is 0 Å². The molecule has 43 heavy (non-hydrogen) atoms. The molecule has 5 heteroatoms. The van der Waals surface area contributed by atoms with Crippen LogP contribution < -0.4 is 0 Å². The smallest absolute Gasteiger partial charge is 0.101 e. The van der Waals surface area contributed by atoms with Crippen LogP contribution in [-0.4, -0.2) is 9.13 Å². The van der Waals surface area contributed by atoms with E-state index in [9.17, 15) is 10.5 Å². The number of thiophene rings is 1. The molecule has 0 saturated heterocycles. The van der Waals surface area contributed by atoms with Crippen LogP contribution in [-0.2, 0) is 0 Å². The van der Waals surface area contributed by atoms with Crippen molar-refractivity contribution in [2.75, 3.05) is 0 Å². The number of nitrogens with zero attached hydrogens (tertiary/aromatic N) is 4. The Kier molecular flexibility index (Phi) is 4.87. The van der Waals surface area contributed by atoms with Gasteiger partial charge in [-0.25, -0.2) is 0 Å². The van der Waals surface area contributed by atoms with Crippen LogP contribution in [0, 0.1) is 22.7 Å². The molecule has 0 radical (unpaired) electrons. The quantitative estimate of drug-likeness (QED) is 0.210. The van der Waals surface area contributed by atoms with Gasteiger partial charge in [0.2, 0.25) is 0 Å². The Bertz CT molecular complexity index is 2710. The summed E-state index contributed by atoms with van der Waals surface area (Å²) >= 11 is 1.69. The van der Waals surface area contributed by atoms with Gasteiger partial charge in [0.25, 0.3) is 0 Å². The molecule has 9 rings (SSSR count). The molecule has 4 nitrogen and oxygen atoms in total. The Morgan fingerprint density at radius 3 is 1.81 bits per heavy atom. The zero-order valence-electron chi connectivity index (χ0n) is 22.7. The van der Waals surface area contributed by atoms with Gasteiger partial charge in [-0.15, -0.1) is 11.3 Å². The Labute approximate surface area is 250 Å². The largest absolute Gasteiger partial charge is 0.309 e. The van der Waals surface area contributed by atoms with Crippen LogP contribution in [0.15, 0.2) is 121 Å². The van der Waals surface area contributed by atoms with Crippen LogP contribution in [0.2, 0.25) is 0 Å². The summed E-state index contributed by atoms with van der Waals surface area (Å²) in [5.41, 5.74) is 7.95. The second-order valence-corrected chi connectivity index (χ2v) is 11.9. The molecule has 0 fully saturated rings. The van der Waals surface area contributed by atoms with E-state index in [1.165, 1.54) is 20.9 Å². The average Bonchev–Trinajstić information content (AvgIpc) is 3.70. The number of fused-ring (bicyclic) bond motifs is 9. The second kappa shape index (κ2) is 8.81. The Morgan fingerprint density at radius 2 is 1.09 bits per heavy atom. The number of rotatable bonds is 2. The summed E-state index contributed by atoms with van der Waals surface area (Å²) in [5, 5.41) is 26.2. The molecule has 3 heterocycles. The maximum absolute atomic E-state index is 9.74. The van der Waals surface area contributed by atoms with Gasteiger partial charge in [-0.1, -0.05) is 54.6 Å². The molecule has 9 aromatic rings. The number of hydrogen-bond donors (Lipinski definition) is 0. The molecule has 0 atom stereocenters. The Hall–Kier alpha value is -5.88. The lowest BCUT2D eigenvalue weighted by Crippen LogP contribution is -1.98. The number of aromatic nitrogens is 2. The number of hydrogen-bond acceptors (Lipinski definition) is 3. The molecular weight excluding hydrogens is 545 g/mol. The van der Waals surface area contributed by atoms with Crippen molar-refractivity contribution in [1.82, 2.24) is 9.13 Å². The van der Waals surface area contributed by atoms with E-state index in [1.807, 2.05) is 30.3 Å². The molecule has 0 bridgehead atoms. The highest BCUT2D eigenvalue weighted by atomic mass is 32.1. The lowest BCUT2D eigenvalue weighted by Gasteiger charge is -2.13. The van der Waals surface area contributed by atoms with Crippen molar-refractivity contribution in [3.63, 3.8) is 0 Å². The van der Waals surface area contributed by atoms with Gasteiger partial charge in [-0.2, -0.15) is 10.5 Å². The molecule has 0 saturated carbocycles. The molecule has 0 aliphatic rings. The van der Waals surface area contributed by atoms with E-state index in [1.54, 1.807) is 11.3 Å². The number of benzene rings is 6. The first-order valence-electron chi connectivity index (χ1n) is 14.1. The molecule has 3 aromatic heterocycles. The SMILES string of the molecule is N#Cc1ccc2c(c1)c1ccccc1n2-c1cccc(-n2c3ccccc3c3cc4sc5c(C#N)cccc5c4cc32)c1. The van der Waals surface area contributed by atoms with E-state index in [0.29, 0.717) is 5.56 Å². The summed E-state index contributed by atoms with van der Waals surface area (Å²) in [6.07, 6.45) is 0. The zero-order chi connectivity index (χ0) is 28.7. The summed E-state index contributed by atoms with van der Waals surface area (Å²) in [6, 6.07) is 46.8. The molecule has 0 N–H and O–H groups in total. The minimum Gasteiger partial charge on any atom is -0.309 e. The first-order chi connectivity index (χ1) is 21.2. The monoisotopic (exact) mass is 564 g/mol. The highest BCUT2D eigenvalue weighted by Crippen LogP contribution is 2.42. The van der Waals surface area contributed by atoms with Gasteiger partial charge in [-0.05, 0) is 66.7 Å². The Morgan fingerprint density at radius 1 is 0.465 bits per heavy atom. The molecular formula is C38H20N4S. The van der Waals surface area contributed by atoms with Crippen molar-refractivity contribution >= 4 is 75.1 Å². The van der Waals surface area contributed by atoms with Gasteiger partial charge in [0, 0.05) is 48.4 Å². The van der Waals surface area contributed by atoms with Crippen LogP contribution in [0.5, 0.6) is 0 Å². The van der Waals surface area contributed by atoms with Crippen LogP contribution in [0.4, 0.5) is 0 Å². The predicted molar refractivity (Wildman–Crippen MR) is 177 cm³/mol. The molecule has 198 valence electrons. The standard InChI is InChI=1S/C38H20N4S/c39-21-23-15-16-35-30(17-23)27-10-1-3-13-33(27)41(35)25-8-6-9-26(18-25)42-34-14-4-2-11-28(34)31-20-37-32(19-36(31)42)29-12-5-7-24(22-40)38(29)43-37/h1-20H. The van der Waals surface area contributed by atoms with Crippen molar-refractivity contribution in [3.05, 3.63) is 132 Å². The van der Waals surface area contributed by atoms with Crippen LogP contribution in [0.3, 0.4) is 0 Å². The molecule has 0 amide bonds. The van der Waals surface area contributed by atoms with Crippen molar-refractivity contribution in [2.45, 2.75) is 0 Å². The fourth-order valence-corrected chi connectivity index (χ4v) is 7.90. The summed E-state index contributed by atoms with van der Waals surface area (Å²) in [4.78, 5) is 0. The topological polar surface area (TPSA) is 57.4 Å². The van der Waals surface area contributed by atoms with Crippen molar-refractivity contribution in [2.24, 2.45) is 0 Å². The lowest BCUT2D eigenvalue weighted by atomic mass is 10.1. The summed E-state index contributed by atoms with van der Waals surface area (Å²) in [6.45, 7) is 0. The molecule has 0 aliphatic carbocycles. The van der Waals surface area contributed by atoms with Gasteiger partial charge >= 0.3 is 0 Å². The van der Waals surface area contributed by atoms with Gasteiger partial charge in [0.05, 0.1) is 44.0 Å². The van der Waals surface area contributed by atoms with E-state index in [0.717, 1.165) is 59.9 Å². The molecule has 6 aromatic carbocycles. The maximum Gasteiger partial charge on any atom is 0.101 e. The minimum atomic E-state index is 0.656. The van der Waals surface area contributed by atoms with Gasteiger partial charge in [0.1, 0.15) is 6.07 Å². The van der Waals surface area contributed by atoms with E-state index >= 15 is 0 Å². The van der Waals surface area contributed by atoms with E-state index < -0.39 is 0 Å². The van der Waals surface area contributed by atoms with E-state index in [2.05, 4.69) is 112 Å². The van der Waals surface area contributed by atoms with Crippen LogP contribution in [0.1, 0.15) is 11.1 Å². The third-order valence-corrected chi connectivity index (χ3v) is 9.76. The molecule has 0 spiro atoms. The van der Waals surface area contributed by atoms with Gasteiger partial charge in [0.15, 0.2) is 0 Å². The summed E-state index contributed by atoms with van der Waals surface area (Å²) in [5.74, 6) is 0. The third-order valence-electron chi connectivity index (χ3n) is 8.56. The Balaban J connectivity index is 1.35. The van der Waals surface area contributed by atoms with Gasteiger partial charge < -0.3 is 9.13 Å². The van der Waals surface area contributed by atoms with Crippen LogP contribution in [0.25, 0.3) is 75.2 Å².